The standard InChI is InChI=1S/C15H26O2Si/c1-10(2)18(11(3)4,12(5)6)9-14-13(7)8-15(16)17-14/h8-12H,1-7H3/b14-9-. The molecule has 1 rings (SSSR count). The van der Waals surface area contributed by atoms with Crippen LogP contribution in [0.5, 0.6) is 0 Å². The van der Waals surface area contributed by atoms with Crippen LogP contribution >= 0.6 is 0 Å². The minimum atomic E-state index is -1.64. The Kier molecular flexibility index (Phi) is 4.59. The number of carbonyl (C=O) groups is 1. The highest BCUT2D eigenvalue weighted by Crippen LogP contribution is 2.44. The second kappa shape index (κ2) is 5.43. The summed E-state index contributed by atoms with van der Waals surface area (Å²) >= 11 is 0. The molecule has 2 nitrogen and oxygen atoms in total. The van der Waals surface area contributed by atoms with Gasteiger partial charge in [-0.15, -0.1) is 0 Å². The molecule has 0 aliphatic carbocycles. The fourth-order valence-corrected chi connectivity index (χ4v) is 9.08. The van der Waals surface area contributed by atoms with E-state index in [2.05, 4.69) is 47.2 Å². The third kappa shape index (κ3) is 2.61. The number of carbonyl (C=O) groups excluding carboxylic acids is 1. The molecule has 3 heteroatoms. The summed E-state index contributed by atoms with van der Waals surface area (Å²) in [5.74, 6) is 0.584. The van der Waals surface area contributed by atoms with Crippen LogP contribution in [0.2, 0.25) is 16.6 Å². The van der Waals surface area contributed by atoms with Crippen molar-refractivity contribution in [1.82, 2.24) is 0 Å². The van der Waals surface area contributed by atoms with Crippen LogP contribution in [-0.4, -0.2) is 14.0 Å². The lowest BCUT2D eigenvalue weighted by Gasteiger charge is -2.40. The lowest BCUT2D eigenvalue weighted by atomic mass is 10.3. The Balaban J connectivity index is 3.26. The number of hydrogen-bond acceptors (Lipinski definition) is 2. The number of esters is 1. The van der Waals surface area contributed by atoms with Gasteiger partial charge < -0.3 is 4.74 Å². The molecule has 1 aliphatic heterocycles. The van der Waals surface area contributed by atoms with Gasteiger partial charge in [-0.05, 0) is 29.1 Å². The van der Waals surface area contributed by atoms with E-state index in [4.69, 9.17) is 4.74 Å². The highest BCUT2D eigenvalue weighted by atomic mass is 28.3. The lowest BCUT2D eigenvalue weighted by molar-refractivity contribution is -0.132. The van der Waals surface area contributed by atoms with Crippen LogP contribution in [0, 0.1) is 0 Å². The van der Waals surface area contributed by atoms with Gasteiger partial charge in [0.15, 0.2) is 0 Å². The van der Waals surface area contributed by atoms with Gasteiger partial charge in [0.25, 0.3) is 0 Å². The number of ether oxygens (including phenoxy) is 1. The molecular formula is C15H26O2Si. The van der Waals surface area contributed by atoms with E-state index in [1.54, 1.807) is 6.08 Å². The first-order chi connectivity index (χ1) is 8.21. The van der Waals surface area contributed by atoms with E-state index in [1.165, 1.54) is 0 Å². The highest BCUT2D eigenvalue weighted by Gasteiger charge is 2.42. The van der Waals surface area contributed by atoms with Crippen LogP contribution in [0.3, 0.4) is 0 Å². The first kappa shape index (κ1) is 15.2. The Hall–Kier alpha value is -0.833. The molecular weight excluding hydrogens is 240 g/mol. The van der Waals surface area contributed by atoms with E-state index >= 15 is 0 Å². The molecule has 0 amide bonds. The van der Waals surface area contributed by atoms with E-state index in [1.807, 2.05) is 6.92 Å². The second-order valence-corrected chi connectivity index (χ2v) is 12.0. The predicted molar refractivity (Wildman–Crippen MR) is 79.0 cm³/mol. The summed E-state index contributed by atoms with van der Waals surface area (Å²) in [6.07, 6.45) is 1.59. The maximum absolute atomic E-state index is 11.3. The zero-order chi connectivity index (χ0) is 14.1. The first-order valence-electron chi connectivity index (χ1n) is 6.85. The summed E-state index contributed by atoms with van der Waals surface area (Å²) in [4.78, 5) is 11.3. The van der Waals surface area contributed by atoms with E-state index < -0.39 is 8.07 Å². The third-order valence-electron chi connectivity index (χ3n) is 4.31. The van der Waals surface area contributed by atoms with Crippen molar-refractivity contribution in [1.29, 1.82) is 0 Å². The summed E-state index contributed by atoms with van der Waals surface area (Å²) in [6, 6.07) is 0. The molecule has 1 aliphatic rings. The monoisotopic (exact) mass is 266 g/mol. The average molecular weight is 266 g/mol. The van der Waals surface area contributed by atoms with Gasteiger partial charge in [-0.25, -0.2) is 4.79 Å². The van der Waals surface area contributed by atoms with Crippen LogP contribution in [0.15, 0.2) is 23.1 Å². The molecule has 0 radical (unpaired) electrons. The smallest absolute Gasteiger partial charge is 0.336 e. The van der Waals surface area contributed by atoms with Gasteiger partial charge >= 0.3 is 5.97 Å². The second-order valence-electron chi connectivity index (χ2n) is 6.22. The van der Waals surface area contributed by atoms with Crippen molar-refractivity contribution in [2.45, 2.75) is 65.1 Å². The molecule has 18 heavy (non-hydrogen) atoms. The molecule has 0 saturated heterocycles. The molecule has 0 N–H and O–H groups in total. The minimum absolute atomic E-state index is 0.224. The van der Waals surface area contributed by atoms with Crippen molar-refractivity contribution in [2.75, 3.05) is 0 Å². The maximum Gasteiger partial charge on any atom is 0.336 e. The summed E-state index contributed by atoms with van der Waals surface area (Å²) in [5, 5.41) is 0. The third-order valence-corrected chi connectivity index (χ3v) is 11.1. The van der Waals surface area contributed by atoms with Gasteiger partial charge in [0.2, 0.25) is 0 Å². The van der Waals surface area contributed by atoms with Crippen molar-refractivity contribution < 1.29 is 9.53 Å². The molecule has 0 saturated carbocycles. The van der Waals surface area contributed by atoms with Crippen molar-refractivity contribution in [3.8, 4) is 0 Å². The predicted octanol–water partition coefficient (Wildman–Crippen LogP) is 4.59. The molecule has 0 atom stereocenters. The van der Waals surface area contributed by atoms with Gasteiger partial charge in [-0.1, -0.05) is 47.2 Å². The van der Waals surface area contributed by atoms with Gasteiger partial charge in [-0.3, -0.25) is 0 Å². The molecule has 0 bridgehead atoms. The topological polar surface area (TPSA) is 26.3 Å². The lowest BCUT2D eigenvalue weighted by Crippen LogP contribution is -2.43. The van der Waals surface area contributed by atoms with Gasteiger partial charge in [0.1, 0.15) is 5.76 Å². The van der Waals surface area contributed by atoms with E-state index in [-0.39, 0.29) is 5.97 Å². The Morgan fingerprint density at radius 3 is 1.78 bits per heavy atom. The van der Waals surface area contributed by atoms with Crippen LogP contribution < -0.4 is 0 Å². The largest absolute Gasteiger partial charge is 0.424 e. The fraction of sp³-hybridized carbons (Fsp3) is 0.667. The summed E-state index contributed by atoms with van der Waals surface area (Å²) in [6.45, 7) is 15.8. The van der Waals surface area contributed by atoms with Gasteiger partial charge in [0.05, 0.1) is 8.07 Å². The average Bonchev–Trinajstić information content (AvgIpc) is 2.51. The quantitative estimate of drug-likeness (QED) is 0.549. The maximum atomic E-state index is 11.3. The van der Waals surface area contributed by atoms with Crippen LogP contribution in [0.25, 0.3) is 0 Å². The zero-order valence-electron chi connectivity index (χ0n) is 12.7. The van der Waals surface area contributed by atoms with Crippen LogP contribution in [0.1, 0.15) is 48.5 Å². The summed E-state index contributed by atoms with van der Waals surface area (Å²) < 4.78 is 5.34. The van der Waals surface area contributed by atoms with Crippen molar-refractivity contribution >= 4 is 14.0 Å². The molecule has 1 heterocycles. The highest BCUT2D eigenvalue weighted by molar-refractivity contribution is 6.88. The SMILES string of the molecule is CC1=CC(=O)O/C1=C\[Si](C(C)C)(C(C)C)C(C)C. The van der Waals surface area contributed by atoms with E-state index in [0.29, 0.717) is 16.6 Å². The summed E-state index contributed by atoms with van der Waals surface area (Å²) in [5.41, 5.74) is 5.20. The minimum Gasteiger partial charge on any atom is -0.424 e. The number of hydrogen-bond donors (Lipinski definition) is 0. The Morgan fingerprint density at radius 1 is 1.06 bits per heavy atom. The molecule has 0 fully saturated rings. The molecule has 0 unspecified atom stereocenters. The first-order valence-corrected chi connectivity index (χ1v) is 9.16. The summed E-state index contributed by atoms with van der Waals surface area (Å²) in [7, 11) is -1.64. The molecule has 102 valence electrons. The Labute approximate surface area is 112 Å². The Morgan fingerprint density at radius 2 is 1.50 bits per heavy atom. The van der Waals surface area contributed by atoms with Crippen molar-refractivity contribution in [3.63, 3.8) is 0 Å². The Bertz CT molecular complexity index is 368. The van der Waals surface area contributed by atoms with E-state index in [0.717, 1.165) is 11.3 Å². The molecule has 0 aromatic heterocycles. The van der Waals surface area contributed by atoms with Gasteiger partial charge in [0, 0.05) is 6.08 Å². The zero-order valence-corrected chi connectivity index (χ0v) is 13.7. The van der Waals surface area contributed by atoms with Crippen molar-refractivity contribution in [2.24, 2.45) is 0 Å². The molecule has 0 spiro atoms. The van der Waals surface area contributed by atoms with Gasteiger partial charge in [-0.2, -0.15) is 0 Å². The number of rotatable bonds is 4. The fourth-order valence-electron chi connectivity index (χ4n) is 3.34. The van der Waals surface area contributed by atoms with Crippen LogP contribution in [0.4, 0.5) is 0 Å². The van der Waals surface area contributed by atoms with E-state index in [9.17, 15) is 4.79 Å². The number of cyclic esters (lactones) is 1. The molecule has 0 aromatic carbocycles. The normalized spacial score (nSPS) is 19.1. The van der Waals surface area contributed by atoms with Crippen molar-refractivity contribution in [3.05, 3.63) is 23.1 Å². The number of allylic oxidation sites excluding steroid dienone is 1. The molecule has 0 aromatic rings. The van der Waals surface area contributed by atoms with Crippen LogP contribution in [-0.2, 0) is 9.53 Å².